The maximum absolute atomic E-state index is 11.2. The normalized spacial score (nSPS) is 20.5. The van der Waals surface area contributed by atoms with Gasteiger partial charge >= 0.3 is 6.09 Å². The van der Waals surface area contributed by atoms with Gasteiger partial charge in [-0.15, -0.1) is 0 Å². The number of carbonyl (C=O) groups excluding carboxylic acids is 1. The summed E-state index contributed by atoms with van der Waals surface area (Å²) in [7, 11) is 1.88. The molecule has 0 bridgehead atoms. The van der Waals surface area contributed by atoms with Gasteiger partial charge in [0, 0.05) is 19.1 Å². The van der Waals surface area contributed by atoms with E-state index in [1.165, 1.54) is 0 Å². The highest BCUT2D eigenvalue weighted by atomic mass is 16.6. The van der Waals surface area contributed by atoms with Crippen molar-refractivity contribution in [1.82, 2.24) is 10.2 Å². The minimum Gasteiger partial charge on any atom is -0.449 e. The zero-order valence-corrected chi connectivity index (χ0v) is 7.67. The number of rotatable bonds is 3. The van der Waals surface area contributed by atoms with Crippen molar-refractivity contribution in [3.05, 3.63) is 0 Å². The number of likely N-dealkylation sites (N-methyl/N-ethyl adjacent to an activating group) is 1. The Morgan fingerprint density at radius 3 is 3.08 bits per heavy atom. The molecule has 0 aromatic heterocycles. The molecule has 0 aromatic rings. The lowest BCUT2D eigenvalue weighted by molar-refractivity contribution is 0.0585. The molecule has 1 amide bonds. The van der Waals surface area contributed by atoms with E-state index in [-0.39, 0.29) is 12.1 Å². The fraction of sp³-hybridized carbons (Fsp3) is 0.875. The summed E-state index contributed by atoms with van der Waals surface area (Å²) in [5.41, 5.74) is 0. The molecule has 0 spiro atoms. The Hall–Kier alpha value is -0.770. The standard InChI is InChI=1S/C8H16N2O2/c1-7(6-9-2)10-4-3-5-12-8(10)11/h7,9H,3-6H2,1-2H3. The molecule has 4 heteroatoms. The Labute approximate surface area is 72.9 Å². The number of cyclic esters (lactones) is 1. The first-order chi connectivity index (χ1) is 5.75. The SMILES string of the molecule is CNCC(C)N1CCCOC1=O. The van der Waals surface area contributed by atoms with Gasteiger partial charge in [0.1, 0.15) is 0 Å². The second-order valence-electron chi connectivity index (χ2n) is 3.07. The summed E-state index contributed by atoms with van der Waals surface area (Å²) < 4.78 is 4.92. The zero-order valence-electron chi connectivity index (χ0n) is 7.67. The van der Waals surface area contributed by atoms with Crippen molar-refractivity contribution in [3.63, 3.8) is 0 Å². The molecule has 1 aliphatic heterocycles. The van der Waals surface area contributed by atoms with Crippen LogP contribution in [-0.2, 0) is 4.74 Å². The molecule has 1 atom stereocenters. The predicted octanol–water partition coefficient (Wildman–Crippen LogP) is 0.437. The maximum Gasteiger partial charge on any atom is 0.410 e. The van der Waals surface area contributed by atoms with Gasteiger partial charge in [-0.05, 0) is 20.4 Å². The van der Waals surface area contributed by atoms with E-state index in [1.807, 2.05) is 14.0 Å². The number of ether oxygens (including phenoxy) is 1. The molecular weight excluding hydrogens is 156 g/mol. The van der Waals surface area contributed by atoms with Crippen molar-refractivity contribution in [2.45, 2.75) is 19.4 Å². The fourth-order valence-electron chi connectivity index (χ4n) is 1.37. The van der Waals surface area contributed by atoms with E-state index in [9.17, 15) is 4.79 Å². The summed E-state index contributed by atoms with van der Waals surface area (Å²) in [6.45, 7) is 4.22. The summed E-state index contributed by atoms with van der Waals surface area (Å²) in [5, 5.41) is 3.04. The Morgan fingerprint density at radius 2 is 2.50 bits per heavy atom. The van der Waals surface area contributed by atoms with E-state index in [2.05, 4.69) is 5.32 Å². The van der Waals surface area contributed by atoms with E-state index in [1.54, 1.807) is 4.90 Å². The predicted molar refractivity (Wildman–Crippen MR) is 46.1 cm³/mol. The molecule has 0 aromatic carbocycles. The monoisotopic (exact) mass is 172 g/mol. The van der Waals surface area contributed by atoms with Crippen LogP contribution >= 0.6 is 0 Å². The van der Waals surface area contributed by atoms with Gasteiger partial charge in [-0.3, -0.25) is 0 Å². The summed E-state index contributed by atoms with van der Waals surface area (Å²) in [5.74, 6) is 0. The van der Waals surface area contributed by atoms with E-state index < -0.39 is 0 Å². The number of nitrogens with one attached hydrogen (secondary N) is 1. The topological polar surface area (TPSA) is 41.6 Å². The number of amides is 1. The zero-order chi connectivity index (χ0) is 8.97. The van der Waals surface area contributed by atoms with Gasteiger partial charge in [-0.2, -0.15) is 0 Å². The third-order valence-corrected chi connectivity index (χ3v) is 2.03. The molecule has 1 fully saturated rings. The minimum absolute atomic E-state index is 0.177. The molecule has 1 N–H and O–H groups in total. The van der Waals surface area contributed by atoms with Crippen molar-refractivity contribution in [3.8, 4) is 0 Å². The smallest absolute Gasteiger partial charge is 0.410 e. The van der Waals surface area contributed by atoms with Crippen LogP contribution in [0.15, 0.2) is 0 Å². The van der Waals surface area contributed by atoms with Crippen LogP contribution in [0, 0.1) is 0 Å². The third-order valence-electron chi connectivity index (χ3n) is 2.03. The highest BCUT2D eigenvalue weighted by Crippen LogP contribution is 2.08. The van der Waals surface area contributed by atoms with Gasteiger partial charge in [0.05, 0.1) is 6.61 Å². The molecule has 4 nitrogen and oxygen atoms in total. The van der Waals surface area contributed by atoms with Crippen LogP contribution < -0.4 is 5.32 Å². The van der Waals surface area contributed by atoms with Crippen LogP contribution in [0.2, 0.25) is 0 Å². The summed E-state index contributed by atoms with van der Waals surface area (Å²) in [6.07, 6.45) is 0.767. The second kappa shape index (κ2) is 4.30. The first kappa shape index (κ1) is 9.32. The second-order valence-corrected chi connectivity index (χ2v) is 3.07. The molecule has 1 aliphatic rings. The first-order valence-electron chi connectivity index (χ1n) is 4.33. The Morgan fingerprint density at radius 1 is 1.75 bits per heavy atom. The van der Waals surface area contributed by atoms with Crippen LogP contribution in [0.5, 0.6) is 0 Å². The molecule has 0 saturated carbocycles. The van der Waals surface area contributed by atoms with Gasteiger partial charge in [-0.25, -0.2) is 4.79 Å². The number of nitrogens with zero attached hydrogens (tertiary/aromatic N) is 1. The van der Waals surface area contributed by atoms with Gasteiger partial charge in [0.15, 0.2) is 0 Å². The third kappa shape index (κ3) is 2.11. The quantitative estimate of drug-likeness (QED) is 0.671. The number of hydrogen-bond donors (Lipinski definition) is 1. The van der Waals surface area contributed by atoms with Crippen molar-refractivity contribution in [1.29, 1.82) is 0 Å². The van der Waals surface area contributed by atoms with Crippen LogP contribution in [0.3, 0.4) is 0 Å². The molecule has 0 radical (unpaired) electrons. The lowest BCUT2D eigenvalue weighted by atomic mass is 10.2. The van der Waals surface area contributed by atoms with Crippen LogP contribution in [0.1, 0.15) is 13.3 Å². The van der Waals surface area contributed by atoms with E-state index >= 15 is 0 Å². The van der Waals surface area contributed by atoms with Gasteiger partial charge < -0.3 is 15.0 Å². The molecule has 0 aliphatic carbocycles. The van der Waals surface area contributed by atoms with Crippen molar-refractivity contribution in [2.75, 3.05) is 26.7 Å². The maximum atomic E-state index is 11.2. The van der Waals surface area contributed by atoms with Gasteiger partial charge in [0.2, 0.25) is 0 Å². The Kier molecular flexibility index (Phi) is 3.34. The fourth-order valence-corrected chi connectivity index (χ4v) is 1.37. The average Bonchev–Trinajstić information content (AvgIpc) is 2.05. The Balaban J connectivity index is 2.42. The van der Waals surface area contributed by atoms with Crippen LogP contribution in [-0.4, -0.2) is 43.8 Å². The summed E-state index contributed by atoms with van der Waals surface area (Å²) in [4.78, 5) is 13.0. The molecular formula is C8H16N2O2. The molecule has 1 unspecified atom stereocenters. The lowest BCUT2D eigenvalue weighted by Crippen LogP contribution is -2.47. The number of carbonyl (C=O) groups is 1. The van der Waals surface area contributed by atoms with Crippen LogP contribution in [0.25, 0.3) is 0 Å². The molecule has 70 valence electrons. The van der Waals surface area contributed by atoms with Crippen molar-refractivity contribution >= 4 is 6.09 Å². The highest BCUT2D eigenvalue weighted by Gasteiger charge is 2.23. The largest absolute Gasteiger partial charge is 0.449 e. The van der Waals surface area contributed by atoms with E-state index in [0.717, 1.165) is 19.5 Å². The molecule has 1 heterocycles. The minimum atomic E-state index is -0.177. The van der Waals surface area contributed by atoms with Crippen LogP contribution in [0.4, 0.5) is 4.79 Å². The van der Waals surface area contributed by atoms with Gasteiger partial charge in [0.25, 0.3) is 0 Å². The van der Waals surface area contributed by atoms with E-state index in [0.29, 0.717) is 6.61 Å². The molecule has 12 heavy (non-hydrogen) atoms. The molecule has 1 saturated heterocycles. The van der Waals surface area contributed by atoms with Gasteiger partial charge in [-0.1, -0.05) is 0 Å². The molecule has 1 rings (SSSR count). The average molecular weight is 172 g/mol. The van der Waals surface area contributed by atoms with E-state index in [4.69, 9.17) is 4.74 Å². The van der Waals surface area contributed by atoms with Crippen molar-refractivity contribution < 1.29 is 9.53 Å². The number of hydrogen-bond acceptors (Lipinski definition) is 3. The van der Waals surface area contributed by atoms with Crippen molar-refractivity contribution in [2.24, 2.45) is 0 Å². The summed E-state index contributed by atoms with van der Waals surface area (Å²) >= 11 is 0. The summed E-state index contributed by atoms with van der Waals surface area (Å²) in [6, 6.07) is 0.225. The first-order valence-corrected chi connectivity index (χ1v) is 4.33. The highest BCUT2D eigenvalue weighted by molar-refractivity contribution is 5.68. The Bertz CT molecular complexity index is 161. The lowest BCUT2D eigenvalue weighted by Gasteiger charge is -2.31.